The highest BCUT2D eigenvalue weighted by Gasteiger charge is 2.30. The predicted molar refractivity (Wildman–Crippen MR) is 105 cm³/mol. The van der Waals surface area contributed by atoms with Crippen LogP contribution in [0.2, 0.25) is 5.02 Å². The Bertz CT molecular complexity index is 1030. The van der Waals surface area contributed by atoms with E-state index in [9.17, 15) is 9.59 Å². The number of Topliss-reactive ketones (excluding diaryl/α,β-unsaturated/α-hetero) is 1. The van der Waals surface area contributed by atoms with Gasteiger partial charge in [0.25, 0.3) is 5.91 Å². The molecule has 1 aromatic heterocycles. The molecule has 1 atom stereocenters. The van der Waals surface area contributed by atoms with Crippen molar-refractivity contribution in [3.63, 3.8) is 0 Å². The number of fused-ring (bicyclic) bond motifs is 1. The van der Waals surface area contributed by atoms with Gasteiger partial charge in [0.2, 0.25) is 0 Å². The minimum Gasteiger partial charge on any atom is -0.345 e. The molecule has 0 bridgehead atoms. The van der Waals surface area contributed by atoms with Crippen molar-refractivity contribution < 1.29 is 9.59 Å². The van der Waals surface area contributed by atoms with Crippen LogP contribution in [0, 0.1) is 12.8 Å². The van der Waals surface area contributed by atoms with E-state index in [1.54, 1.807) is 35.5 Å². The summed E-state index contributed by atoms with van der Waals surface area (Å²) < 4.78 is 0. The van der Waals surface area contributed by atoms with Crippen molar-refractivity contribution in [2.24, 2.45) is 5.92 Å². The maximum atomic E-state index is 13.0. The Kier molecular flexibility index (Phi) is 4.70. The summed E-state index contributed by atoms with van der Waals surface area (Å²) in [4.78, 5) is 34.9. The number of hydrogen-bond donors (Lipinski definition) is 1. The number of carbonyl (C=O) groups excluding carboxylic acids is 2. The van der Waals surface area contributed by atoms with Crippen molar-refractivity contribution in [3.05, 3.63) is 64.4 Å². The molecule has 0 spiro atoms. The normalized spacial score (nSPS) is 17.3. The van der Waals surface area contributed by atoms with Gasteiger partial charge in [-0.3, -0.25) is 9.59 Å². The number of hydrogen-bond acceptors (Lipinski definition) is 3. The molecule has 1 amide bonds. The summed E-state index contributed by atoms with van der Waals surface area (Å²) in [6.07, 6.45) is 3.23. The third-order valence-electron chi connectivity index (χ3n) is 5.20. The molecule has 27 heavy (non-hydrogen) atoms. The van der Waals surface area contributed by atoms with E-state index in [1.165, 1.54) is 0 Å². The number of aromatic amines is 1. The number of halogens is 1. The fraction of sp³-hybridized carbons (Fsp3) is 0.286. The minimum absolute atomic E-state index is 0.0446. The topological polar surface area (TPSA) is 66.1 Å². The fourth-order valence-corrected chi connectivity index (χ4v) is 3.98. The Balaban J connectivity index is 1.53. The number of imidazole rings is 1. The average molecular weight is 382 g/mol. The smallest absolute Gasteiger partial charge is 0.253 e. The van der Waals surface area contributed by atoms with E-state index < -0.39 is 0 Å². The van der Waals surface area contributed by atoms with Gasteiger partial charge in [-0.15, -0.1) is 0 Å². The van der Waals surface area contributed by atoms with Crippen molar-refractivity contribution >= 4 is 34.3 Å². The Morgan fingerprint density at radius 2 is 2.07 bits per heavy atom. The second kappa shape index (κ2) is 7.16. The van der Waals surface area contributed by atoms with Crippen molar-refractivity contribution in [3.8, 4) is 0 Å². The van der Waals surface area contributed by atoms with Crippen LogP contribution in [0.25, 0.3) is 11.0 Å². The SMILES string of the molecule is Cc1cc(Cl)ccc1C(=O)C1CCCN(C(=O)c2ccc3nc[nH]c3c2)C1. The van der Waals surface area contributed by atoms with E-state index in [2.05, 4.69) is 9.97 Å². The third kappa shape index (κ3) is 3.47. The van der Waals surface area contributed by atoms with Gasteiger partial charge < -0.3 is 9.88 Å². The lowest BCUT2D eigenvalue weighted by atomic mass is 9.88. The molecular weight excluding hydrogens is 362 g/mol. The zero-order valence-electron chi connectivity index (χ0n) is 15.0. The molecule has 1 unspecified atom stereocenters. The molecule has 4 rings (SSSR count). The number of aryl methyl sites for hydroxylation is 1. The van der Waals surface area contributed by atoms with Gasteiger partial charge in [0.15, 0.2) is 5.78 Å². The first-order valence-electron chi connectivity index (χ1n) is 9.06. The lowest BCUT2D eigenvalue weighted by Crippen LogP contribution is -2.42. The Morgan fingerprint density at radius 1 is 1.22 bits per heavy atom. The summed E-state index contributed by atoms with van der Waals surface area (Å²) in [6, 6.07) is 10.8. The van der Waals surface area contributed by atoms with E-state index in [1.807, 2.05) is 19.1 Å². The highest BCUT2D eigenvalue weighted by Crippen LogP contribution is 2.25. The zero-order valence-corrected chi connectivity index (χ0v) is 15.8. The maximum absolute atomic E-state index is 13.0. The number of rotatable bonds is 3. The molecule has 0 radical (unpaired) electrons. The van der Waals surface area contributed by atoms with Crippen LogP contribution in [0.5, 0.6) is 0 Å². The summed E-state index contributed by atoms with van der Waals surface area (Å²) in [5, 5.41) is 0.624. The van der Waals surface area contributed by atoms with Gasteiger partial charge in [0.1, 0.15) is 0 Å². The first kappa shape index (κ1) is 17.7. The number of nitrogens with zero attached hydrogens (tertiary/aromatic N) is 2. The summed E-state index contributed by atoms with van der Waals surface area (Å²) >= 11 is 6.00. The Hall–Kier alpha value is -2.66. The molecule has 1 fully saturated rings. The number of H-pyrrole nitrogens is 1. The number of carbonyl (C=O) groups is 2. The molecular formula is C21H20ClN3O2. The van der Waals surface area contributed by atoms with Crippen LogP contribution in [0.3, 0.4) is 0 Å². The third-order valence-corrected chi connectivity index (χ3v) is 5.44. The van der Waals surface area contributed by atoms with E-state index in [4.69, 9.17) is 11.6 Å². The molecule has 3 aromatic rings. The minimum atomic E-state index is -0.182. The van der Waals surface area contributed by atoms with Crippen LogP contribution in [-0.4, -0.2) is 39.6 Å². The van der Waals surface area contributed by atoms with Crippen molar-refractivity contribution in [2.45, 2.75) is 19.8 Å². The number of nitrogens with one attached hydrogen (secondary N) is 1. The van der Waals surface area contributed by atoms with Crippen LogP contribution >= 0.6 is 11.6 Å². The van der Waals surface area contributed by atoms with Crippen LogP contribution < -0.4 is 0 Å². The zero-order chi connectivity index (χ0) is 19.0. The van der Waals surface area contributed by atoms with Crippen LogP contribution in [-0.2, 0) is 0 Å². The standard InChI is InChI=1S/C21H20ClN3O2/c1-13-9-16(22)5-6-17(13)20(26)15-3-2-8-25(11-15)21(27)14-4-7-18-19(10-14)24-12-23-18/h4-7,9-10,12,15H,2-3,8,11H2,1H3,(H,23,24). The number of benzene rings is 2. The van der Waals surface area contributed by atoms with Gasteiger partial charge in [-0.05, 0) is 61.7 Å². The van der Waals surface area contributed by atoms with Crippen molar-refractivity contribution in [2.75, 3.05) is 13.1 Å². The number of amides is 1. The summed E-state index contributed by atoms with van der Waals surface area (Å²) in [6.45, 7) is 3.01. The lowest BCUT2D eigenvalue weighted by molar-refractivity contribution is 0.0637. The first-order valence-corrected chi connectivity index (χ1v) is 9.43. The highest BCUT2D eigenvalue weighted by atomic mass is 35.5. The quantitative estimate of drug-likeness (QED) is 0.689. The van der Waals surface area contributed by atoms with E-state index in [-0.39, 0.29) is 17.6 Å². The summed E-state index contributed by atoms with van der Waals surface area (Å²) in [5.74, 6) is -0.138. The fourth-order valence-electron chi connectivity index (χ4n) is 3.75. The van der Waals surface area contributed by atoms with Gasteiger partial charge in [0.05, 0.1) is 17.4 Å². The van der Waals surface area contributed by atoms with Gasteiger partial charge in [-0.1, -0.05) is 11.6 Å². The molecule has 1 saturated heterocycles. The largest absolute Gasteiger partial charge is 0.345 e. The number of likely N-dealkylation sites (tertiary alicyclic amines) is 1. The number of ketones is 1. The van der Waals surface area contributed by atoms with Crippen LogP contribution in [0.1, 0.15) is 39.1 Å². The maximum Gasteiger partial charge on any atom is 0.253 e. The molecule has 0 aliphatic carbocycles. The second-order valence-corrected chi connectivity index (χ2v) is 7.48. The number of aromatic nitrogens is 2. The molecule has 138 valence electrons. The molecule has 2 aromatic carbocycles. The van der Waals surface area contributed by atoms with E-state index >= 15 is 0 Å². The first-order chi connectivity index (χ1) is 13.0. The molecule has 5 nitrogen and oxygen atoms in total. The molecule has 1 aliphatic rings. The summed E-state index contributed by atoms with van der Waals surface area (Å²) in [5.41, 5.74) is 3.85. The molecule has 2 heterocycles. The van der Waals surface area contributed by atoms with Crippen molar-refractivity contribution in [1.82, 2.24) is 14.9 Å². The Labute approximate surface area is 162 Å². The molecule has 1 aliphatic heterocycles. The predicted octanol–water partition coefficient (Wildman–Crippen LogP) is 4.26. The average Bonchev–Trinajstić information content (AvgIpc) is 3.15. The van der Waals surface area contributed by atoms with Gasteiger partial charge >= 0.3 is 0 Å². The molecule has 6 heteroatoms. The monoisotopic (exact) mass is 381 g/mol. The summed E-state index contributed by atoms with van der Waals surface area (Å²) in [7, 11) is 0. The second-order valence-electron chi connectivity index (χ2n) is 7.05. The molecule has 1 N–H and O–H groups in total. The highest BCUT2D eigenvalue weighted by molar-refractivity contribution is 6.30. The van der Waals surface area contributed by atoms with Gasteiger partial charge in [-0.25, -0.2) is 4.98 Å². The van der Waals surface area contributed by atoms with Crippen LogP contribution in [0.15, 0.2) is 42.7 Å². The Morgan fingerprint density at radius 3 is 2.89 bits per heavy atom. The van der Waals surface area contributed by atoms with Crippen LogP contribution in [0.4, 0.5) is 0 Å². The van der Waals surface area contributed by atoms with Crippen molar-refractivity contribution in [1.29, 1.82) is 0 Å². The van der Waals surface area contributed by atoms with E-state index in [0.717, 1.165) is 29.4 Å². The number of piperidine rings is 1. The van der Waals surface area contributed by atoms with Gasteiger partial charge in [-0.2, -0.15) is 0 Å². The molecule has 0 saturated carbocycles. The van der Waals surface area contributed by atoms with E-state index in [0.29, 0.717) is 29.2 Å². The lowest BCUT2D eigenvalue weighted by Gasteiger charge is -2.32. The van der Waals surface area contributed by atoms with Gasteiger partial charge in [0, 0.05) is 35.2 Å².